The minimum absolute atomic E-state index is 0.437. The fraction of sp³-hybridized carbons (Fsp3) is 0.250. The van der Waals surface area contributed by atoms with Crippen molar-refractivity contribution in [1.82, 2.24) is 9.78 Å². The Balaban J connectivity index is 1.87. The Morgan fingerprint density at radius 1 is 1.04 bits per heavy atom. The van der Waals surface area contributed by atoms with Crippen LogP contribution >= 0.6 is 0 Å². The summed E-state index contributed by atoms with van der Waals surface area (Å²) in [6, 6.07) is 20.5. The number of aromatic nitrogens is 2. The van der Waals surface area contributed by atoms with Crippen LogP contribution in [0.25, 0.3) is 11.3 Å². The van der Waals surface area contributed by atoms with Crippen LogP contribution in [0, 0.1) is 0 Å². The maximum absolute atomic E-state index is 5.79. The van der Waals surface area contributed by atoms with Gasteiger partial charge in [0.15, 0.2) is 0 Å². The summed E-state index contributed by atoms with van der Waals surface area (Å²) in [6.07, 6.45) is 1.01. The van der Waals surface area contributed by atoms with Crippen LogP contribution < -0.4 is 10.5 Å². The van der Waals surface area contributed by atoms with Crippen molar-refractivity contribution in [1.29, 1.82) is 0 Å². The maximum Gasteiger partial charge on any atom is 0.119 e. The van der Waals surface area contributed by atoms with E-state index in [9.17, 15) is 0 Å². The molecule has 0 saturated carbocycles. The molecule has 0 unspecified atom stereocenters. The van der Waals surface area contributed by atoms with Crippen molar-refractivity contribution < 1.29 is 4.74 Å². The van der Waals surface area contributed by atoms with Crippen molar-refractivity contribution >= 4 is 0 Å². The molecule has 24 heavy (non-hydrogen) atoms. The van der Waals surface area contributed by atoms with Gasteiger partial charge in [0.1, 0.15) is 5.75 Å². The summed E-state index contributed by atoms with van der Waals surface area (Å²) >= 11 is 0. The summed E-state index contributed by atoms with van der Waals surface area (Å²) in [5, 5.41) is 4.63. The number of rotatable bonds is 7. The maximum atomic E-state index is 5.79. The third-order valence-corrected chi connectivity index (χ3v) is 3.84. The number of ether oxygens (including phenoxy) is 1. The smallest absolute Gasteiger partial charge is 0.119 e. The zero-order valence-corrected chi connectivity index (χ0v) is 14.0. The van der Waals surface area contributed by atoms with Crippen molar-refractivity contribution in [2.45, 2.75) is 26.4 Å². The molecule has 0 aliphatic rings. The lowest BCUT2D eigenvalue weighted by atomic mass is 10.1. The Morgan fingerprint density at radius 2 is 1.79 bits per heavy atom. The molecule has 1 heterocycles. The Labute approximate surface area is 142 Å². The molecule has 2 aromatic carbocycles. The number of nitrogens with two attached hydrogens (primary N) is 1. The molecule has 0 fully saturated rings. The number of hydrogen-bond acceptors (Lipinski definition) is 3. The third-order valence-electron chi connectivity index (χ3n) is 3.84. The summed E-state index contributed by atoms with van der Waals surface area (Å²) in [5.74, 6) is 0.897. The molecule has 1 aromatic heterocycles. The summed E-state index contributed by atoms with van der Waals surface area (Å²) in [4.78, 5) is 0. The van der Waals surface area contributed by atoms with E-state index in [2.05, 4.69) is 42.4 Å². The van der Waals surface area contributed by atoms with Crippen molar-refractivity contribution in [2.24, 2.45) is 5.73 Å². The van der Waals surface area contributed by atoms with Crippen LogP contribution in [0.4, 0.5) is 0 Å². The van der Waals surface area contributed by atoms with Gasteiger partial charge in [-0.15, -0.1) is 0 Å². The van der Waals surface area contributed by atoms with Crippen LogP contribution in [0.15, 0.2) is 60.7 Å². The second kappa shape index (κ2) is 7.79. The van der Waals surface area contributed by atoms with Gasteiger partial charge in [-0.3, -0.25) is 4.68 Å². The number of benzene rings is 2. The number of hydrogen-bond donors (Lipinski definition) is 1. The van der Waals surface area contributed by atoms with Gasteiger partial charge in [-0.2, -0.15) is 5.10 Å². The molecule has 4 nitrogen and oxygen atoms in total. The van der Waals surface area contributed by atoms with Gasteiger partial charge in [0.25, 0.3) is 0 Å². The lowest BCUT2D eigenvalue weighted by molar-refractivity contribution is 0.317. The first kappa shape index (κ1) is 16.3. The fourth-order valence-corrected chi connectivity index (χ4v) is 2.62. The van der Waals surface area contributed by atoms with Crippen molar-refractivity contribution in [3.63, 3.8) is 0 Å². The third kappa shape index (κ3) is 3.84. The molecular formula is C20H23N3O. The molecular weight excluding hydrogens is 298 g/mol. The van der Waals surface area contributed by atoms with Crippen LogP contribution in [-0.4, -0.2) is 16.4 Å². The van der Waals surface area contributed by atoms with Crippen LogP contribution in [0.3, 0.4) is 0 Å². The molecule has 3 aromatic rings. The first-order chi connectivity index (χ1) is 11.8. The average molecular weight is 321 g/mol. The molecule has 124 valence electrons. The van der Waals surface area contributed by atoms with E-state index in [0.29, 0.717) is 6.54 Å². The van der Waals surface area contributed by atoms with E-state index < -0.39 is 0 Å². The fourth-order valence-electron chi connectivity index (χ4n) is 2.62. The minimum atomic E-state index is 0.437. The topological polar surface area (TPSA) is 53.1 Å². The standard InChI is InChI=1S/C20H23N3O/c1-2-12-24-19-10-8-17(9-11-19)20-13-18(14-21)22-23(20)15-16-6-4-3-5-7-16/h3-11,13H,2,12,14-15,21H2,1H3. The van der Waals surface area contributed by atoms with E-state index in [1.807, 2.05) is 35.0 Å². The predicted octanol–water partition coefficient (Wildman–Crippen LogP) is 3.85. The van der Waals surface area contributed by atoms with E-state index >= 15 is 0 Å². The zero-order valence-electron chi connectivity index (χ0n) is 14.0. The monoisotopic (exact) mass is 321 g/mol. The second-order valence-electron chi connectivity index (χ2n) is 5.74. The van der Waals surface area contributed by atoms with Gasteiger partial charge in [0.2, 0.25) is 0 Å². The average Bonchev–Trinajstić information content (AvgIpc) is 3.04. The highest BCUT2D eigenvalue weighted by atomic mass is 16.5. The molecule has 4 heteroatoms. The summed E-state index contributed by atoms with van der Waals surface area (Å²) in [7, 11) is 0. The van der Waals surface area contributed by atoms with Crippen molar-refractivity contribution in [2.75, 3.05) is 6.61 Å². The van der Waals surface area contributed by atoms with Crippen LogP contribution in [0.2, 0.25) is 0 Å². The highest BCUT2D eigenvalue weighted by molar-refractivity contribution is 5.61. The summed E-state index contributed by atoms with van der Waals surface area (Å²) in [6.45, 7) is 4.00. The first-order valence-corrected chi connectivity index (χ1v) is 8.34. The van der Waals surface area contributed by atoms with Gasteiger partial charge in [0, 0.05) is 12.1 Å². The van der Waals surface area contributed by atoms with Gasteiger partial charge in [0.05, 0.1) is 24.5 Å². The van der Waals surface area contributed by atoms with E-state index in [0.717, 1.165) is 42.3 Å². The molecule has 3 rings (SSSR count). The quantitative estimate of drug-likeness (QED) is 0.719. The highest BCUT2D eigenvalue weighted by Crippen LogP contribution is 2.24. The molecule has 0 atom stereocenters. The van der Waals surface area contributed by atoms with Crippen LogP contribution in [-0.2, 0) is 13.1 Å². The minimum Gasteiger partial charge on any atom is -0.494 e. The molecule has 0 saturated heterocycles. The molecule has 0 amide bonds. The van der Waals surface area contributed by atoms with Crippen LogP contribution in [0.1, 0.15) is 24.6 Å². The van der Waals surface area contributed by atoms with E-state index in [4.69, 9.17) is 10.5 Å². The summed E-state index contributed by atoms with van der Waals surface area (Å²) < 4.78 is 7.67. The number of nitrogens with zero attached hydrogens (tertiary/aromatic N) is 2. The van der Waals surface area contributed by atoms with Gasteiger partial charge < -0.3 is 10.5 Å². The van der Waals surface area contributed by atoms with Gasteiger partial charge in [-0.25, -0.2) is 0 Å². The predicted molar refractivity (Wildman–Crippen MR) is 96.9 cm³/mol. The van der Waals surface area contributed by atoms with E-state index in [-0.39, 0.29) is 0 Å². The second-order valence-corrected chi connectivity index (χ2v) is 5.74. The molecule has 0 spiro atoms. The Hall–Kier alpha value is -2.59. The Morgan fingerprint density at radius 3 is 2.46 bits per heavy atom. The molecule has 0 radical (unpaired) electrons. The SMILES string of the molecule is CCCOc1ccc(-c2cc(CN)nn2Cc2ccccc2)cc1. The largest absolute Gasteiger partial charge is 0.494 e. The Kier molecular flexibility index (Phi) is 5.29. The van der Waals surface area contributed by atoms with Gasteiger partial charge in [-0.1, -0.05) is 37.3 Å². The van der Waals surface area contributed by atoms with Crippen molar-refractivity contribution in [3.8, 4) is 17.0 Å². The first-order valence-electron chi connectivity index (χ1n) is 8.34. The van der Waals surface area contributed by atoms with Gasteiger partial charge in [-0.05, 0) is 42.3 Å². The van der Waals surface area contributed by atoms with E-state index in [1.54, 1.807) is 0 Å². The lowest BCUT2D eigenvalue weighted by Crippen LogP contribution is -2.05. The normalized spacial score (nSPS) is 10.8. The van der Waals surface area contributed by atoms with Gasteiger partial charge >= 0.3 is 0 Å². The van der Waals surface area contributed by atoms with E-state index in [1.165, 1.54) is 5.56 Å². The zero-order chi connectivity index (χ0) is 16.8. The molecule has 0 bridgehead atoms. The lowest BCUT2D eigenvalue weighted by Gasteiger charge is -2.09. The Bertz CT molecular complexity index is 763. The highest BCUT2D eigenvalue weighted by Gasteiger charge is 2.10. The molecule has 0 aliphatic carbocycles. The summed E-state index contributed by atoms with van der Waals surface area (Å²) in [5.41, 5.74) is 10.1. The van der Waals surface area contributed by atoms with Crippen LogP contribution in [0.5, 0.6) is 5.75 Å². The molecule has 2 N–H and O–H groups in total. The molecule has 0 aliphatic heterocycles. The van der Waals surface area contributed by atoms with Crippen molar-refractivity contribution in [3.05, 3.63) is 71.9 Å².